The topological polar surface area (TPSA) is 99.2 Å². The van der Waals surface area contributed by atoms with E-state index in [0.717, 1.165) is 51.4 Å². The average Bonchev–Trinajstić information content (AvgIpc) is 2.72. The fourth-order valence-electron chi connectivity index (χ4n) is 4.99. The van der Waals surface area contributed by atoms with Gasteiger partial charge in [-0.2, -0.15) is 0 Å². The number of hydrogen-bond donors (Lipinski definition) is 0. The molecule has 0 spiro atoms. The highest BCUT2D eigenvalue weighted by molar-refractivity contribution is 5.76. The Morgan fingerprint density at radius 2 is 1.31 bits per heavy atom. The minimum Gasteiger partial charge on any atom is -0.464 e. The Morgan fingerprint density at radius 1 is 0.743 bits per heavy atom. The zero-order chi connectivity index (χ0) is 26.4. The van der Waals surface area contributed by atoms with E-state index in [2.05, 4.69) is 13.8 Å². The lowest BCUT2D eigenvalue weighted by Crippen LogP contribution is -2.71. The lowest BCUT2D eigenvalue weighted by Gasteiger charge is -2.53. The summed E-state index contributed by atoms with van der Waals surface area (Å²) in [5, 5.41) is 0. The van der Waals surface area contributed by atoms with Crippen LogP contribution < -0.4 is 0 Å². The van der Waals surface area contributed by atoms with Crippen molar-refractivity contribution < 1.29 is 33.4 Å². The number of ether oxygens (including phenoxy) is 3. The number of unbranched alkanes of at least 4 members (excludes halogenated alkanes) is 7. The Labute approximate surface area is 211 Å². The molecule has 8 nitrogen and oxygen atoms in total. The molecule has 0 aliphatic carbocycles. The minimum atomic E-state index is -0.428. The van der Waals surface area contributed by atoms with Gasteiger partial charge in [-0.1, -0.05) is 58.8 Å². The summed E-state index contributed by atoms with van der Waals surface area (Å²) in [5.41, 5.74) is 0. The second-order valence-electron chi connectivity index (χ2n) is 10.2. The first-order chi connectivity index (χ1) is 16.5. The summed E-state index contributed by atoms with van der Waals surface area (Å²) in [6, 6.07) is -0.570. The summed E-state index contributed by atoms with van der Waals surface area (Å²) < 4.78 is 16.0. The number of nitrogens with zero attached hydrogens (tertiary/aromatic N) is 1. The maximum atomic E-state index is 12.2. The molecule has 1 saturated heterocycles. The first-order valence-corrected chi connectivity index (χ1v) is 13.3. The molecule has 0 aromatic carbocycles. The summed E-state index contributed by atoms with van der Waals surface area (Å²) >= 11 is 0. The number of carbonyl (C=O) groups is 4. The molecule has 0 radical (unpaired) electrons. The average molecular weight is 498 g/mol. The van der Waals surface area contributed by atoms with Gasteiger partial charge >= 0.3 is 17.9 Å². The van der Waals surface area contributed by atoms with Crippen LogP contribution in [0.15, 0.2) is 0 Å². The lowest BCUT2D eigenvalue weighted by atomic mass is 9.85. The quantitative estimate of drug-likeness (QED) is 0.159. The van der Waals surface area contributed by atoms with Crippen LogP contribution in [0.3, 0.4) is 0 Å². The third-order valence-corrected chi connectivity index (χ3v) is 6.44. The van der Waals surface area contributed by atoms with Gasteiger partial charge in [0.2, 0.25) is 5.91 Å². The molecule has 4 atom stereocenters. The zero-order valence-corrected chi connectivity index (χ0v) is 22.7. The first kappa shape index (κ1) is 30.9. The van der Waals surface area contributed by atoms with Gasteiger partial charge in [-0.15, -0.1) is 0 Å². The van der Waals surface area contributed by atoms with Crippen molar-refractivity contribution in [1.82, 2.24) is 4.90 Å². The smallest absolute Gasteiger partial charge is 0.303 e. The fourth-order valence-corrected chi connectivity index (χ4v) is 4.99. The highest BCUT2D eigenvalue weighted by Crippen LogP contribution is 2.33. The van der Waals surface area contributed by atoms with E-state index in [1.54, 1.807) is 4.90 Å². The van der Waals surface area contributed by atoms with Gasteiger partial charge in [-0.05, 0) is 31.6 Å². The molecule has 0 saturated carbocycles. The van der Waals surface area contributed by atoms with E-state index in [9.17, 15) is 19.2 Å². The van der Waals surface area contributed by atoms with Crippen LogP contribution in [0.4, 0.5) is 0 Å². The molecule has 1 amide bonds. The summed E-state index contributed by atoms with van der Waals surface area (Å²) in [5.74, 6) is -0.577. The molecule has 1 heterocycles. The predicted molar refractivity (Wildman–Crippen MR) is 133 cm³/mol. The van der Waals surface area contributed by atoms with E-state index in [-0.39, 0.29) is 36.6 Å². The maximum absolute atomic E-state index is 12.2. The van der Waals surface area contributed by atoms with Gasteiger partial charge in [0.25, 0.3) is 0 Å². The van der Waals surface area contributed by atoms with Crippen LogP contribution in [0.25, 0.3) is 0 Å². The minimum absolute atomic E-state index is 0.0398. The number of esters is 3. The molecule has 0 aromatic rings. The summed E-state index contributed by atoms with van der Waals surface area (Å²) in [6.45, 7) is 10.00. The third-order valence-electron chi connectivity index (χ3n) is 6.44. The predicted octanol–water partition coefficient (Wildman–Crippen LogP) is 4.96. The molecule has 202 valence electrons. The van der Waals surface area contributed by atoms with Gasteiger partial charge in [0.15, 0.2) is 0 Å². The normalized spacial score (nSPS) is 20.2. The monoisotopic (exact) mass is 497 g/mol. The van der Waals surface area contributed by atoms with E-state index in [4.69, 9.17) is 14.2 Å². The fraction of sp³-hybridized carbons (Fsp3) is 0.852. The maximum Gasteiger partial charge on any atom is 0.303 e. The Morgan fingerprint density at radius 3 is 1.80 bits per heavy atom. The van der Waals surface area contributed by atoms with Crippen LogP contribution in [0.1, 0.15) is 112 Å². The molecule has 0 aromatic heterocycles. The van der Waals surface area contributed by atoms with Crippen LogP contribution >= 0.6 is 0 Å². The summed E-state index contributed by atoms with van der Waals surface area (Å²) in [7, 11) is 0. The van der Waals surface area contributed by atoms with Crippen molar-refractivity contribution in [3.05, 3.63) is 0 Å². The van der Waals surface area contributed by atoms with Crippen molar-refractivity contribution in [3.8, 4) is 0 Å². The van der Waals surface area contributed by atoms with Crippen molar-refractivity contribution in [2.75, 3.05) is 6.61 Å². The van der Waals surface area contributed by atoms with E-state index in [0.29, 0.717) is 5.92 Å². The SMILES string of the molecule is CC(=O)OC[C@H]1[C@H](OC(C)=O)[C@H](CCCCCCCCCC[C@H](CC(C)C)OC(C)=O)N1C(C)=O. The van der Waals surface area contributed by atoms with Gasteiger partial charge in [0.1, 0.15) is 24.9 Å². The van der Waals surface area contributed by atoms with Gasteiger partial charge in [-0.25, -0.2) is 0 Å². The molecule has 1 rings (SSSR count). The Balaban J connectivity index is 2.26. The van der Waals surface area contributed by atoms with Gasteiger partial charge in [-0.3, -0.25) is 19.2 Å². The Bertz CT molecular complexity index is 678. The Hall–Kier alpha value is -2.12. The van der Waals surface area contributed by atoms with E-state index < -0.39 is 18.1 Å². The van der Waals surface area contributed by atoms with Crippen molar-refractivity contribution in [2.45, 2.75) is 136 Å². The number of amides is 1. The van der Waals surface area contributed by atoms with Crippen molar-refractivity contribution in [3.63, 3.8) is 0 Å². The molecule has 1 aliphatic rings. The molecule has 0 bridgehead atoms. The Kier molecular flexibility index (Phi) is 14.6. The standard InChI is InChI=1S/C27H47NO7/c1-19(2)17-24(34-22(5)31)15-13-11-9-7-8-10-12-14-16-25-27(35-23(6)32)26(18-33-21(4)30)28(25)20(3)29/h19,24-27H,7-18H2,1-6H3/t24-,25+,26+,27-/m1/s1. The molecular formula is C27H47NO7. The van der Waals surface area contributed by atoms with Crippen LogP contribution in [0.2, 0.25) is 0 Å². The molecule has 1 aliphatic heterocycles. The molecule has 0 N–H and O–H groups in total. The van der Waals surface area contributed by atoms with Crippen molar-refractivity contribution >= 4 is 23.8 Å². The largest absolute Gasteiger partial charge is 0.464 e. The second-order valence-corrected chi connectivity index (χ2v) is 10.2. The van der Waals surface area contributed by atoms with Crippen LogP contribution in [-0.2, 0) is 33.4 Å². The van der Waals surface area contributed by atoms with E-state index >= 15 is 0 Å². The van der Waals surface area contributed by atoms with Gasteiger partial charge in [0.05, 0.1) is 6.04 Å². The molecule has 1 fully saturated rings. The first-order valence-electron chi connectivity index (χ1n) is 13.3. The van der Waals surface area contributed by atoms with Crippen molar-refractivity contribution in [2.24, 2.45) is 5.92 Å². The molecule has 35 heavy (non-hydrogen) atoms. The number of likely N-dealkylation sites (tertiary alicyclic amines) is 1. The van der Waals surface area contributed by atoms with E-state index in [1.807, 2.05) is 0 Å². The van der Waals surface area contributed by atoms with Crippen molar-refractivity contribution in [1.29, 1.82) is 0 Å². The lowest BCUT2D eigenvalue weighted by molar-refractivity contribution is -0.194. The van der Waals surface area contributed by atoms with Crippen LogP contribution in [0.5, 0.6) is 0 Å². The molecule has 8 heteroatoms. The van der Waals surface area contributed by atoms with Gasteiger partial charge < -0.3 is 19.1 Å². The molecular weight excluding hydrogens is 450 g/mol. The highest BCUT2D eigenvalue weighted by Gasteiger charge is 2.52. The highest BCUT2D eigenvalue weighted by atomic mass is 16.6. The number of rotatable bonds is 17. The summed E-state index contributed by atoms with van der Waals surface area (Å²) in [4.78, 5) is 47.8. The van der Waals surface area contributed by atoms with E-state index in [1.165, 1.54) is 47.0 Å². The van der Waals surface area contributed by atoms with Gasteiger partial charge in [0, 0.05) is 27.7 Å². The number of carbonyl (C=O) groups excluding carboxylic acids is 4. The number of hydrogen-bond acceptors (Lipinski definition) is 7. The third kappa shape index (κ3) is 12.4. The summed E-state index contributed by atoms with van der Waals surface area (Å²) in [6.07, 6.45) is 11.2. The second kappa shape index (κ2) is 16.5. The molecule has 0 unspecified atom stereocenters. The van der Waals surface area contributed by atoms with Crippen LogP contribution in [-0.4, -0.2) is 59.6 Å². The van der Waals surface area contributed by atoms with Crippen LogP contribution in [0, 0.1) is 5.92 Å². The zero-order valence-electron chi connectivity index (χ0n) is 22.7.